The number of ether oxygens (including phenoxy) is 2. The molecule has 0 bridgehead atoms. The molecule has 0 atom stereocenters. The molecule has 1 aliphatic heterocycles. The highest BCUT2D eigenvalue weighted by atomic mass is 16.6. The van der Waals surface area contributed by atoms with Gasteiger partial charge >= 0.3 is 0 Å². The lowest BCUT2D eigenvalue weighted by atomic mass is 10.2. The average Bonchev–Trinajstić information content (AvgIpc) is 2.99. The van der Waals surface area contributed by atoms with E-state index in [4.69, 9.17) is 14.0 Å². The Balaban J connectivity index is 1.57. The number of hydrogen-bond donors (Lipinski definition) is 1. The number of nitrogens with zero attached hydrogens (tertiary/aromatic N) is 3. The van der Waals surface area contributed by atoms with Crippen LogP contribution in [0.2, 0.25) is 0 Å². The van der Waals surface area contributed by atoms with Crippen molar-refractivity contribution in [2.45, 2.75) is 20.4 Å². The molecular formula is C16H20N4O4. The van der Waals surface area contributed by atoms with Crippen molar-refractivity contribution in [2.75, 3.05) is 31.6 Å². The Morgan fingerprint density at radius 2 is 2.08 bits per heavy atom. The van der Waals surface area contributed by atoms with Gasteiger partial charge in [0.15, 0.2) is 17.3 Å². The second-order valence-corrected chi connectivity index (χ2v) is 5.45. The number of fused-ring (bicyclic) bond motifs is 1. The molecule has 1 N–H and O–H groups in total. The summed E-state index contributed by atoms with van der Waals surface area (Å²) in [4.78, 5) is 18.3. The summed E-state index contributed by atoms with van der Waals surface area (Å²) >= 11 is 0. The van der Waals surface area contributed by atoms with Crippen LogP contribution >= 0.6 is 0 Å². The van der Waals surface area contributed by atoms with Crippen molar-refractivity contribution in [1.82, 2.24) is 15.0 Å². The molecule has 2 heterocycles. The van der Waals surface area contributed by atoms with Gasteiger partial charge in [0.05, 0.1) is 13.1 Å². The van der Waals surface area contributed by atoms with E-state index in [-0.39, 0.29) is 12.5 Å². The van der Waals surface area contributed by atoms with Crippen molar-refractivity contribution < 1.29 is 18.8 Å². The van der Waals surface area contributed by atoms with Crippen molar-refractivity contribution in [3.63, 3.8) is 0 Å². The van der Waals surface area contributed by atoms with Crippen LogP contribution in [0.1, 0.15) is 18.6 Å². The molecule has 8 nitrogen and oxygen atoms in total. The molecule has 1 aromatic heterocycles. The van der Waals surface area contributed by atoms with Crippen molar-refractivity contribution in [3.05, 3.63) is 29.9 Å². The van der Waals surface area contributed by atoms with Gasteiger partial charge in [-0.05, 0) is 25.6 Å². The zero-order valence-electron chi connectivity index (χ0n) is 13.7. The lowest BCUT2D eigenvalue weighted by Gasteiger charge is -2.20. The zero-order chi connectivity index (χ0) is 16.9. The van der Waals surface area contributed by atoms with E-state index in [1.807, 2.05) is 11.8 Å². The van der Waals surface area contributed by atoms with Crippen LogP contribution in [-0.2, 0) is 11.3 Å². The number of anilines is 1. The number of aryl methyl sites for hydroxylation is 1. The van der Waals surface area contributed by atoms with E-state index in [0.29, 0.717) is 55.2 Å². The van der Waals surface area contributed by atoms with Crippen LogP contribution < -0.4 is 14.8 Å². The van der Waals surface area contributed by atoms with Crippen LogP contribution in [-0.4, -0.2) is 47.3 Å². The van der Waals surface area contributed by atoms with Crippen molar-refractivity contribution in [2.24, 2.45) is 0 Å². The normalized spacial score (nSPS) is 13.1. The molecule has 1 aliphatic rings. The lowest BCUT2D eigenvalue weighted by Crippen LogP contribution is -2.32. The molecule has 0 saturated heterocycles. The number of hydrogen-bond acceptors (Lipinski definition) is 7. The maximum atomic E-state index is 12.3. The first-order valence-corrected chi connectivity index (χ1v) is 7.85. The van der Waals surface area contributed by atoms with E-state index < -0.39 is 0 Å². The molecule has 128 valence electrons. The van der Waals surface area contributed by atoms with E-state index >= 15 is 0 Å². The van der Waals surface area contributed by atoms with Gasteiger partial charge in [0.1, 0.15) is 13.2 Å². The van der Waals surface area contributed by atoms with Gasteiger partial charge in [-0.25, -0.2) is 0 Å². The molecule has 0 aliphatic carbocycles. The second-order valence-electron chi connectivity index (χ2n) is 5.45. The fourth-order valence-corrected chi connectivity index (χ4v) is 2.40. The van der Waals surface area contributed by atoms with Crippen molar-refractivity contribution in [3.8, 4) is 11.5 Å². The zero-order valence-corrected chi connectivity index (χ0v) is 13.7. The molecular weight excluding hydrogens is 312 g/mol. The van der Waals surface area contributed by atoms with E-state index in [2.05, 4.69) is 15.5 Å². The van der Waals surface area contributed by atoms with Gasteiger partial charge in [0.2, 0.25) is 11.8 Å². The maximum Gasteiger partial charge on any atom is 0.240 e. The molecule has 1 aromatic carbocycles. The van der Waals surface area contributed by atoms with Gasteiger partial charge < -0.3 is 19.3 Å². The molecule has 1 amide bonds. The van der Waals surface area contributed by atoms with Gasteiger partial charge in [0.25, 0.3) is 0 Å². The predicted octanol–water partition coefficient (Wildman–Crippen LogP) is 1.61. The van der Waals surface area contributed by atoms with Crippen LogP contribution in [0.5, 0.6) is 11.5 Å². The lowest BCUT2D eigenvalue weighted by molar-refractivity contribution is -0.117. The van der Waals surface area contributed by atoms with E-state index in [0.717, 1.165) is 0 Å². The third kappa shape index (κ3) is 4.02. The molecule has 3 rings (SSSR count). The topological polar surface area (TPSA) is 89.7 Å². The number of carbonyl (C=O) groups excluding carboxylic acids is 1. The third-order valence-electron chi connectivity index (χ3n) is 3.57. The largest absolute Gasteiger partial charge is 0.486 e. The first-order chi connectivity index (χ1) is 11.6. The average molecular weight is 332 g/mol. The Kier molecular flexibility index (Phi) is 4.95. The van der Waals surface area contributed by atoms with Gasteiger partial charge in [-0.3, -0.25) is 9.69 Å². The molecule has 24 heavy (non-hydrogen) atoms. The summed E-state index contributed by atoms with van der Waals surface area (Å²) in [6.07, 6.45) is 0. The molecule has 0 spiro atoms. The van der Waals surface area contributed by atoms with Crippen LogP contribution in [0.15, 0.2) is 22.7 Å². The summed E-state index contributed by atoms with van der Waals surface area (Å²) in [5.41, 5.74) is 0.675. The Hall–Kier alpha value is -2.61. The van der Waals surface area contributed by atoms with Crippen molar-refractivity contribution >= 4 is 11.6 Å². The fraction of sp³-hybridized carbons (Fsp3) is 0.438. The van der Waals surface area contributed by atoms with Gasteiger partial charge in [0, 0.05) is 11.8 Å². The minimum atomic E-state index is -0.121. The smallest absolute Gasteiger partial charge is 0.240 e. The van der Waals surface area contributed by atoms with Crippen LogP contribution in [0.4, 0.5) is 5.69 Å². The summed E-state index contributed by atoms with van der Waals surface area (Å²) in [6, 6.07) is 5.36. The minimum Gasteiger partial charge on any atom is -0.486 e. The predicted molar refractivity (Wildman–Crippen MR) is 86.0 cm³/mol. The monoisotopic (exact) mass is 332 g/mol. The van der Waals surface area contributed by atoms with E-state index in [1.54, 1.807) is 25.1 Å². The SMILES string of the molecule is CCN(CC(=O)Nc1ccc2c(c1)OCCO2)Cc1nc(C)no1. The number of likely N-dealkylation sites (N-methyl/N-ethyl adjacent to an activating group) is 1. The number of carbonyl (C=O) groups is 1. The Morgan fingerprint density at radius 1 is 1.29 bits per heavy atom. The van der Waals surface area contributed by atoms with Crippen molar-refractivity contribution in [1.29, 1.82) is 0 Å². The standard InChI is InChI=1S/C16H20N4O4/c1-3-20(10-16-17-11(2)19-24-16)9-15(21)18-12-4-5-13-14(8-12)23-7-6-22-13/h4-5,8H,3,6-7,9-10H2,1-2H3,(H,18,21). The van der Waals surface area contributed by atoms with Crippen LogP contribution in [0.25, 0.3) is 0 Å². The Bertz CT molecular complexity index is 716. The quantitative estimate of drug-likeness (QED) is 0.859. The van der Waals surface area contributed by atoms with Crippen LogP contribution in [0, 0.1) is 6.92 Å². The number of rotatable bonds is 6. The Morgan fingerprint density at radius 3 is 2.79 bits per heavy atom. The highest BCUT2D eigenvalue weighted by molar-refractivity contribution is 5.92. The van der Waals surface area contributed by atoms with Crippen LogP contribution in [0.3, 0.4) is 0 Å². The Labute approximate surface area is 139 Å². The van der Waals surface area contributed by atoms with Gasteiger partial charge in [-0.15, -0.1) is 0 Å². The molecule has 0 radical (unpaired) electrons. The molecule has 2 aromatic rings. The summed E-state index contributed by atoms with van der Waals surface area (Å²) in [5.74, 6) is 2.31. The molecule has 0 fully saturated rings. The number of aromatic nitrogens is 2. The van der Waals surface area contributed by atoms with Gasteiger partial charge in [-0.2, -0.15) is 4.98 Å². The first kappa shape index (κ1) is 16.3. The number of benzene rings is 1. The second kappa shape index (κ2) is 7.31. The molecule has 0 saturated carbocycles. The summed E-state index contributed by atoms with van der Waals surface area (Å²) in [6.45, 7) is 6.14. The number of nitrogens with one attached hydrogen (secondary N) is 1. The fourth-order valence-electron chi connectivity index (χ4n) is 2.40. The minimum absolute atomic E-state index is 0.121. The van der Waals surface area contributed by atoms with Gasteiger partial charge in [-0.1, -0.05) is 12.1 Å². The highest BCUT2D eigenvalue weighted by Crippen LogP contribution is 2.32. The summed E-state index contributed by atoms with van der Waals surface area (Å²) in [5, 5.41) is 6.62. The number of amides is 1. The maximum absolute atomic E-state index is 12.3. The summed E-state index contributed by atoms with van der Waals surface area (Å²) in [7, 11) is 0. The van der Waals surface area contributed by atoms with E-state index in [9.17, 15) is 4.79 Å². The highest BCUT2D eigenvalue weighted by Gasteiger charge is 2.15. The van der Waals surface area contributed by atoms with E-state index in [1.165, 1.54) is 0 Å². The molecule has 0 unspecified atom stereocenters. The first-order valence-electron chi connectivity index (χ1n) is 7.85. The molecule has 8 heteroatoms. The summed E-state index contributed by atoms with van der Waals surface area (Å²) < 4.78 is 16.1. The third-order valence-corrected chi connectivity index (χ3v) is 3.57.